The summed E-state index contributed by atoms with van der Waals surface area (Å²) in [7, 11) is 0. The molecule has 0 saturated carbocycles. The van der Waals surface area contributed by atoms with Gasteiger partial charge in [0.25, 0.3) is 0 Å². The highest BCUT2D eigenvalue weighted by atomic mass is 16.3. The van der Waals surface area contributed by atoms with Crippen LogP contribution in [0.5, 0.6) is 0 Å². The van der Waals surface area contributed by atoms with E-state index in [0.717, 1.165) is 19.4 Å². The summed E-state index contributed by atoms with van der Waals surface area (Å²) in [4.78, 5) is 4.02. The van der Waals surface area contributed by atoms with Crippen molar-refractivity contribution in [2.24, 2.45) is 0 Å². The Morgan fingerprint density at radius 3 is 3.27 bits per heavy atom. The van der Waals surface area contributed by atoms with Crippen LogP contribution in [0.1, 0.15) is 24.8 Å². The molecule has 60 valence electrons. The van der Waals surface area contributed by atoms with E-state index in [-0.39, 0.29) is 0 Å². The third kappa shape index (κ3) is 0.991. The Morgan fingerprint density at radius 2 is 2.55 bits per heavy atom. The molecule has 4 nitrogen and oxygen atoms in total. The first kappa shape index (κ1) is 6.67. The summed E-state index contributed by atoms with van der Waals surface area (Å²) in [6, 6.07) is 0. The number of anilines is 1. The molecule has 0 spiro atoms. The lowest BCUT2D eigenvalue weighted by atomic mass is 10.1. The van der Waals surface area contributed by atoms with Crippen molar-refractivity contribution in [3.63, 3.8) is 0 Å². The van der Waals surface area contributed by atoms with Gasteiger partial charge in [0.15, 0.2) is 0 Å². The minimum Gasteiger partial charge on any atom is -0.385 e. The van der Waals surface area contributed by atoms with E-state index in [4.69, 9.17) is 5.73 Å². The van der Waals surface area contributed by atoms with Crippen molar-refractivity contribution in [1.82, 2.24) is 9.55 Å². The largest absolute Gasteiger partial charge is 0.385 e. The monoisotopic (exact) mass is 153 g/mol. The number of nitrogens with two attached hydrogens (primary N) is 1. The fraction of sp³-hybridized carbons (Fsp3) is 0.571. The zero-order chi connectivity index (χ0) is 7.84. The van der Waals surface area contributed by atoms with Crippen molar-refractivity contribution >= 4 is 5.82 Å². The zero-order valence-corrected chi connectivity index (χ0v) is 6.20. The minimum absolute atomic E-state index is 0.416. The number of fused-ring (bicyclic) bond motifs is 1. The van der Waals surface area contributed by atoms with E-state index in [9.17, 15) is 5.11 Å². The maximum absolute atomic E-state index is 9.44. The lowest BCUT2D eigenvalue weighted by Gasteiger charge is -2.17. The highest BCUT2D eigenvalue weighted by molar-refractivity contribution is 5.27. The molecule has 1 unspecified atom stereocenters. The molecule has 4 heteroatoms. The van der Waals surface area contributed by atoms with Crippen molar-refractivity contribution in [3.8, 4) is 0 Å². The van der Waals surface area contributed by atoms with Crippen LogP contribution in [0.25, 0.3) is 0 Å². The summed E-state index contributed by atoms with van der Waals surface area (Å²) < 4.78 is 1.92. The maximum Gasteiger partial charge on any atom is 0.142 e. The number of aliphatic hydroxyl groups is 1. The number of aliphatic hydroxyl groups excluding tert-OH is 1. The van der Waals surface area contributed by atoms with Gasteiger partial charge in [-0.2, -0.15) is 0 Å². The summed E-state index contributed by atoms with van der Waals surface area (Å²) in [6.07, 6.45) is 3.17. The molecule has 2 rings (SSSR count). The number of hydrogen-bond acceptors (Lipinski definition) is 3. The second-order valence-corrected chi connectivity index (χ2v) is 2.88. The Morgan fingerprint density at radius 1 is 1.73 bits per heavy atom. The number of rotatable bonds is 0. The molecule has 2 heterocycles. The summed E-state index contributed by atoms with van der Waals surface area (Å²) in [5.74, 6) is 1.22. The van der Waals surface area contributed by atoms with Crippen LogP contribution in [-0.2, 0) is 6.54 Å². The first-order valence-electron chi connectivity index (χ1n) is 3.78. The molecular formula is C7H11N3O. The van der Waals surface area contributed by atoms with Crippen LogP contribution in [0.15, 0.2) is 6.20 Å². The lowest BCUT2D eigenvalue weighted by Crippen LogP contribution is -2.14. The highest BCUT2D eigenvalue weighted by Crippen LogP contribution is 2.24. The summed E-state index contributed by atoms with van der Waals surface area (Å²) in [5, 5.41) is 9.44. The van der Waals surface area contributed by atoms with Gasteiger partial charge in [0.05, 0.1) is 0 Å². The smallest absolute Gasteiger partial charge is 0.142 e. The quantitative estimate of drug-likeness (QED) is 0.563. The van der Waals surface area contributed by atoms with Gasteiger partial charge in [-0.15, -0.1) is 0 Å². The predicted molar refractivity (Wildman–Crippen MR) is 40.8 cm³/mol. The van der Waals surface area contributed by atoms with E-state index < -0.39 is 6.10 Å². The molecule has 0 aliphatic carbocycles. The second-order valence-electron chi connectivity index (χ2n) is 2.88. The summed E-state index contributed by atoms with van der Waals surface area (Å²) in [6.45, 7) is 0.927. The fourth-order valence-corrected chi connectivity index (χ4v) is 1.48. The number of hydrogen-bond donors (Lipinski definition) is 2. The number of nitrogen functional groups attached to an aromatic ring is 1. The third-order valence-corrected chi connectivity index (χ3v) is 2.00. The fourth-order valence-electron chi connectivity index (χ4n) is 1.48. The molecule has 0 radical (unpaired) electrons. The molecule has 0 bridgehead atoms. The Kier molecular flexibility index (Phi) is 1.35. The topological polar surface area (TPSA) is 64.1 Å². The standard InChI is InChI=1S/C7H11N3O/c8-6-4-10-3-1-2-5(11)7(10)9-6/h4-5,11H,1-3,8H2. The molecule has 1 atom stereocenters. The van der Waals surface area contributed by atoms with E-state index in [2.05, 4.69) is 4.98 Å². The van der Waals surface area contributed by atoms with E-state index in [1.54, 1.807) is 6.20 Å². The van der Waals surface area contributed by atoms with Crippen molar-refractivity contribution < 1.29 is 5.11 Å². The van der Waals surface area contributed by atoms with Gasteiger partial charge in [-0.25, -0.2) is 4.98 Å². The summed E-state index contributed by atoms with van der Waals surface area (Å²) in [5.41, 5.74) is 5.48. The number of aryl methyl sites for hydroxylation is 1. The maximum atomic E-state index is 9.44. The molecule has 0 fully saturated rings. The number of imidazole rings is 1. The molecule has 1 aliphatic heterocycles. The Hall–Kier alpha value is -1.03. The predicted octanol–water partition coefficient (Wildman–Crippen LogP) is 0.293. The normalized spacial score (nSPS) is 23.2. The average Bonchev–Trinajstić information content (AvgIpc) is 2.31. The number of nitrogens with zero attached hydrogens (tertiary/aromatic N) is 2. The van der Waals surface area contributed by atoms with Crippen molar-refractivity contribution in [3.05, 3.63) is 12.0 Å². The highest BCUT2D eigenvalue weighted by Gasteiger charge is 2.19. The van der Waals surface area contributed by atoms with Crippen LogP contribution in [0, 0.1) is 0 Å². The third-order valence-electron chi connectivity index (χ3n) is 2.00. The van der Waals surface area contributed by atoms with Crippen LogP contribution in [0.4, 0.5) is 5.82 Å². The molecule has 1 aliphatic rings. The van der Waals surface area contributed by atoms with Crippen molar-refractivity contribution in [2.75, 3.05) is 5.73 Å². The molecular weight excluding hydrogens is 142 g/mol. The van der Waals surface area contributed by atoms with E-state index >= 15 is 0 Å². The SMILES string of the molecule is Nc1cn2c(n1)C(O)CCC2. The van der Waals surface area contributed by atoms with Gasteiger partial charge in [-0.05, 0) is 12.8 Å². The average molecular weight is 153 g/mol. The van der Waals surface area contributed by atoms with Crippen LogP contribution in [-0.4, -0.2) is 14.7 Å². The molecule has 1 aromatic rings. The van der Waals surface area contributed by atoms with Crippen molar-refractivity contribution in [2.45, 2.75) is 25.5 Å². The van der Waals surface area contributed by atoms with Crippen LogP contribution < -0.4 is 5.73 Å². The first-order chi connectivity index (χ1) is 5.27. The van der Waals surface area contributed by atoms with Gasteiger partial charge in [-0.3, -0.25) is 0 Å². The van der Waals surface area contributed by atoms with E-state index in [1.807, 2.05) is 4.57 Å². The molecule has 11 heavy (non-hydrogen) atoms. The minimum atomic E-state index is -0.416. The van der Waals surface area contributed by atoms with Gasteiger partial charge >= 0.3 is 0 Å². The van der Waals surface area contributed by atoms with Crippen LogP contribution >= 0.6 is 0 Å². The van der Waals surface area contributed by atoms with Gasteiger partial charge < -0.3 is 15.4 Å². The zero-order valence-electron chi connectivity index (χ0n) is 6.20. The van der Waals surface area contributed by atoms with Crippen LogP contribution in [0.2, 0.25) is 0 Å². The van der Waals surface area contributed by atoms with Gasteiger partial charge in [0.1, 0.15) is 17.7 Å². The van der Waals surface area contributed by atoms with Gasteiger partial charge in [0.2, 0.25) is 0 Å². The molecule has 1 aromatic heterocycles. The number of aromatic nitrogens is 2. The molecule has 3 N–H and O–H groups in total. The molecule has 0 saturated heterocycles. The second kappa shape index (κ2) is 2.23. The van der Waals surface area contributed by atoms with E-state index in [1.165, 1.54) is 0 Å². The molecule has 0 aromatic carbocycles. The van der Waals surface area contributed by atoms with Gasteiger partial charge in [0, 0.05) is 12.7 Å². The van der Waals surface area contributed by atoms with E-state index in [0.29, 0.717) is 11.6 Å². The Labute approximate surface area is 64.7 Å². The first-order valence-corrected chi connectivity index (χ1v) is 3.78. The Bertz CT molecular complexity index is 269. The van der Waals surface area contributed by atoms with Gasteiger partial charge in [-0.1, -0.05) is 0 Å². The molecule has 0 amide bonds. The lowest BCUT2D eigenvalue weighted by molar-refractivity contribution is 0.134. The Balaban J connectivity index is 2.43. The summed E-state index contributed by atoms with van der Waals surface area (Å²) >= 11 is 0. The van der Waals surface area contributed by atoms with Crippen molar-refractivity contribution in [1.29, 1.82) is 0 Å². The van der Waals surface area contributed by atoms with Crippen LogP contribution in [0.3, 0.4) is 0 Å².